The van der Waals surface area contributed by atoms with Gasteiger partial charge in [-0.05, 0) is 17.4 Å². The normalized spacial score (nSPS) is 13.8. The van der Waals surface area contributed by atoms with E-state index in [1.165, 1.54) is 5.56 Å². The number of thiazole rings is 1. The van der Waals surface area contributed by atoms with Gasteiger partial charge in [-0.15, -0.1) is 11.3 Å². The molecular weight excluding hydrogens is 300 g/mol. The first-order valence-corrected chi connectivity index (χ1v) is 9.08. The number of thiophene rings is 1. The third-order valence-electron chi connectivity index (χ3n) is 3.64. The maximum absolute atomic E-state index is 10.2. The molecule has 0 amide bonds. The predicted molar refractivity (Wildman–Crippen MR) is 91.8 cm³/mol. The van der Waals surface area contributed by atoms with Crippen molar-refractivity contribution in [2.75, 3.05) is 6.54 Å². The van der Waals surface area contributed by atoms with Gasteiger partial charge in [0.05, 0.1) is 11.8 Å². The van der Waals surface area contributed by atoms with Crippen LogP contribution in [0.3, 0.4) is 0 Å². The van der Waals surface area contributed by atoms with Crippen molar-refractivity contribution < 1.29 is 5.11 Å². The van der Waals surface area contributed by atoms with E-state index in [9.17, 15) is 5.11 Å². The number of hydrogen-bond acceptors (Lipinski definition) is 5. The lowest BCUT2D eigenvalue weighted by molar-refractivity contribution is 0.0134. The molecule has 2 rings (SSSR count). The lowest BCUT2D eigenvalue weighted by atomic mass is 9.81. The van der Waals surface area contributed by atoms with Gasteiger partial charge in [0.1, 0.15) is 5.01 Å². The molecule has 0 aliphatic carbocycles. The lowest BCUT2D eigenvalue weighted by Crippen LogP contribution is -2.41. The van der Waals surface area contributed by atoms with E-state index in [1.807, 2.05) is 0 Å². The number of nitrogens with one attached hydrogen (secondary N) is 1. The number of nitrogens with zero attached hydrogens (tertiary/aromatic N) is 1. The fraction of sp³-hybridized carbons (Fsp3) is 0.562. The maximum Gasteiger partial charge on any atom is 0.124 e. The Kier molecular flexibility index (Phi) is 5.54. The third-order valence-corrected chi connectivity index (χ3v) is 5.26. The molecule has 0 spiro atoms. The number of aliphatic hydroxyl groups is 1. The molecule has 5 heteroatoms. The van der Waals surface area contributed by atoms with Gasteiger partial charge in [0.2, 0.25) is 0 Å². The minimum Gasteiger partial charge on any atom is -0.392 e. The van der Waals surface area contributed by atoms with E-state index >= 15 is 0 Å². The van der Waals surface area contributed by atoms with Gasteiger partial charge >= 0.3 is 0 Å². The van der Waals surface area contributed by atoms with E-state index in [1.54, 1.807) is 22.7 Å². The molecule has 0 aliphatic heterocycles. The second-order valence-corrected chi connectivity index (χ2v) is 8.08. The quantitative estimate of drug-likeness (QED) is 0.809. The summed E-state index contributed by atoms with van der Waals surface area (Å²) in [6, 6.07) is 2.10. The van der Waals surface area contributed by atoms with Crippen molar-refractivity contribution in [2.45, 2.75) is 40.3 Å². The first-order chi connectivity index (χ1) is 9.90. The summed E-state index contributed by atoms with van der Waals surface area (Å²) in [6.07, 6.45) is -0.304. The van der Waals surface area contributed by atoms with Crippen molar-refractivity contribution in [3.63, 3.8) is 0 Å². The average molecular weight is 325 g/mol. The van der Waals surface area contributed by atoms with Gasteiger partial charge in [-0.1, -0.05) is 27.7 Å². The Morgan fingerprint density at radius 2 is 2.10 bits per heavy atom. The van der Waals surface area contributed by atoms with Crippen LogP contribution in [-0.4, -0.2) is 22.7 Å². The Balaban J connectivity index is 1.87. The molecule has 0 fully saturated rings. The van der Waals surface area contributed by atoms with Crippen molar-refractivity contribution in [1.82, 2.24) is 10.3 Å². The first kappa shape index (κ1) is 16.6. The van der Waals surface area contributed by atoms with Gasteiger partial charge in [-0.3, -0.25) is 0 Å². The van der Waals surface area contributed by atoms with Gasteiger partial charge in [-0.25, -0.2) is 4.98 Å². The summed E-state index contributed by atoms with van der Waals surface area (Å²) in [4.78, 5) is 4.65. The molecule has 2 aromatic heterocycles. The molecule has 2 N–H and O–H groups in total. The molecule has 0 aliphatic rings. The highest BCUT2D eigenvalue weighted by atomic mass is 32.1. The molecule has 0 saturated heterocycles. The highest BCUT2D eigenvalue weighted by Gasteiger charge is 2.29. The summed E-state index contributed by atoms with van der Waals surface area (Å²) in [5.74, 6) is 0.270. The fourth-order valence-corrected chi connectivity index (χ4v) is 3.96. The molecule has 1 atom stereocenters. The fourth-order valence-electron chi connectivity index (χ4n) is 2.43. The third kappa shape index (κ3) is 4.36. The minimum absolute atomic E-state index is 0.139. The predicted octanol–water partition coefficient (Wildman–Crippen LogP) is 4.00. The van der Waals surface area contributed by atoms with Crippen molar-refractivity contribution in [3.05, 3.63) is 27.9 Å². The van der Waals surface area contributed by atoms with Crippen LogP contribution in [0.15, 0.2) is 22.2 Å². The zero-order valence-electron chi connectivity index (χ0n) is 13.1. The van der Waals surface area contributed by atoms with Gasteiger partial charge in [0, 0.05) is 34.8 Å². The van der Waals surface area contributed by atoms with Crippen molar-refractivity contribution in [3.8, 4) is 10.6 Å². The van der Waals surface area contributed by atoms with Crippen LogP contribution in [0.25, 0.3) is 10.6 Å². The van der Waals surface area contributed by atoms with Crippen molar-refractivity contribution >= 4 is 22.7 Å². The summed E-state index contributed by atoms with van der Waals surface area (Å²) < 4.78 is 0. The SMILES string of the molecule is CC(C)C(O)C(C)(C)CNCc1csc(-c2ccsc2)n1. The van der Waals surface area contributed by atoms with Crippen LogP contribution >= 0.6 is 22.7 Å². The second-order valence-electron chi connectivity index (χ2n) is 6.44. The molecule has 1 unspecified atom stereocenters. The standard InChI is InChI=1S/C16H24N2OS2/c1-11(2)14(19)16(3,4)10-17-7-13-9-21-15(18-13)12-5-6-20-8-12/h5-6,8-9,11,14,17,19H,7,10H2,1-4H3. The van der Waals surface area contributed by atoms with Crippen LogP contribution < -0.4 is 5.32 Å². The van der Waals surface area contributed by atoms with Crippen molar-refractivity contribution in [1.29, 1.82) is 0 Å². The van der Waals surface area contributed by atoms with Crippen LogP contribution in [0.5, 0.6) is 0 Å². The number of hydrogen-bond donors (Lipinski definition) is 2. The van der Waals surface area contributed by atoms with E-state index in [0.717, 1.165) is 23.8 Å². The Hall–Kier alpha value is -0.750. The van der Waals surface area contributed by atoms with E-state index in [4.69, 9.17) is 0 Å². The van der Waals surface area contributed by atoms with Gasteiger partial charge < -0.3 is 10.4 Å². The topological polar surface area (TPSA) is 45.1 Å². The molecule has 21 heavy (non-hydrogen) atoms. The van der Waals surface area contributed by atoms with E-state index in [2.05, 4.69) is 60.2 Å². The summed E-state index contributed by atoms with van der Waals surface area (Å²) >= 11 is 3.38. The summed E-state index contributed by atoms with van der Waals surface area (Å²) in [6.45, 7) is 9.83. The van der Waals surface area contributed by atoms with Gasteiger partial charge in [0.15, 0.2) is 0 Å². The largest absolute Gasteiger partial charge is 0.392 e. The Bertz CT molecular complexity index is 546. The number of rotatable bonds is 7. The molecule has 116 valence electrons. The monoisotopic (exact) mass is 324 g/mol. The molecule has 0 radical (unpaired) electrons. The Labute approximate surface area is 135 Å². The van der Waals surface area contributed by atoms with Crippen LogP contribution in [-0.2, 0) is 6.54 Å². The Morgan fingerprint density at radius 1 is 1.33 bits per heavy atom. The van der Waals surface area contributed by atoms with Crippen LogP contribution in [0.4, 0.5) is 0 Å². The summed E-state index contributed by atoms with van der Waals surface area (Å²) in [7, 11) is 0. The zero-order valence-corrected chi connectivity index (χ0v) is 14.7. The molecule has 2 aromatic rings. The molecule has 0 saturated carbocycles. The van der Waals surface area contributed by atoms with Crippen LogP contribution in [0.2, 0.25) is 0 Å². The summed E-state index contributed by atoms with van der Waals surface area (Å²) in [5, 5.41) is 21.0. The number of aliphatic hydroxyl groups excluding tert-OH is 1. The average Bonchev–Trinajstić information content (AvgIpc) is 3.07. The van der Waals surface area contributed by atoms with Crippen LogP contribution in [0, 0.1) is 11.3 Å². The maximum atomic E-state index is 10.2. The smallest absolute Gasteiger partial charge is 0.124 e. The molecule has 0 aromatic carbocycles. The molecule has 2 heterocycles. The lowest BCUT2D eigenvalue weighted by Gasteiger charge is -2.33. The number of aromatic nitrogens is 1. The second kappa shape index (κ2) is 7.01. The molecule has 0 bridgehead atoms. The van der Waals surface area contributed by atoms with Crippen molar-refractivity contribution in [2.24, 2.45) is 11.3 Å². The first-order valence-electron chi connectivity index (χ1n) is 7.26. The van der Waals surface area contributed by atoms with Gasteiger partial charge in [0.25, 0.3) is 0 Å². The van der Waals surface area contributed by atoms with Gasteiger partial charge in [-0.2, -0.15) is 11.3 Å². The minimum atomic E-state index is -0.304. The molecular formula is C16H24N2OS2. The van der Waals surface area contributed by atoms with Crippen LogP contribution in [0.1, 0.15) is 33.4 Å². The van der Waals surface area contributed by atoms with E-state index < -0.39 is 0 Å². The molecule has 3 nitrogen and oxygen atoms in total. The highest BCUT2D eigenvalue weighted by Crippen LogP contribution is 2.27. The summed E-state index contributed by atoms with van der Waals surface area (Å²) in [5.41, 5.74) is 2.13. The zero-order chi connectivity index (χ0) is 15.5. The Morgan fingerprint density at radius 3 is 2.71 bits per heavy atom. The van der Waals surface area contributed by atoms with E-state index in [-0.39, 0.29) is 17.4 Å². The highest BCUT2D eigenvalue weighted by molar-refractivity contribution is 7.14. The van der Waals surface area contributed by atoms with E-state index in [0.29, 0.717) is 0 Å².